The highest BCUT2D eigenvalue weighted by Gasteiger charge is 2.31. The quantitative estimate of drug-likeness (QED) is 0.559. The van der Waals surface area contributed by atoms with Crippen molar-refractivity contribution in [2.45, 2.75) is 11.4 Å². The molecule has 1 amide bonds. The van der Waals surface area contributed by atoms with Crippen LogP contribution in [0, 0.1) is 0 Å². The largest absolute Gasteiger partial charge is 0.573 e. The monoisotopic (exact) mass is 426 g/mol. The van der Waals surface area contributed by atoms with Crippen LogP contribution in [0.25, 0.3) is 0 Å². The second-order valence-electron chi connectivity index (χ2n) is 5.61. The van der Waals surface area contributed by atoms with Gasteiger partial charge < -0.3 is 10.1 Å². The molecule has 0 aliphatic rings. The highest BCUT2D eigenvalue weighted by Crippen LogP contribution is 2.26. The van der Waals surface area contributed by atoms with E-state index in [0.717, 1.165) is 18.3 Å². The molecule has 3 rings (SSSR count). The Morgan fingerprint density at radius 3 is 2.41 bits per heavy atom. The summed E-state index contributed by atoms with van der Waals surface area (Å²) in [6.45, 7) is 0. The summed E-state index contributed by atoms with van der Waals surface area (Å²) < 4.78 is 68.1. The van der Waals surface area contributed by atoms with E-state index in [9.17, 15) is 26.4 Å². The number of aromatic nitrogens is 2. The Labute approximate surface area is 162 Å². The van der Waals surface area contributed by atoms with Crippen molar-refractivity contribution in [1.82, 2.24) is 10.2 Å². The third-order valence-corrected chi connectivity index (χ3v) is 4.82. The topological polar surface area (TPSA) is 113 Å². The van der Waals surface area contributed by atoms with Gasteiger partial charge in [0.2, 0.25) is 0 Å². The summed E-state index contributed by atoms with van der Waals surface area (Å²) in [7, 11) is -4.17. The average Bonchev–Trinajstić information content (AvgIpc) is 3.12. The van der Waals surface area contributed by atoms with Gasteiger partial charge in [0.15, 0.2) is 5.03 Å². The molecule has 0 saturated carbocycles. The number of carbonyl (C=O) groups excluding carboxylic acids is 1. The van der Waals surface area contributed by atoms with Crippen molar-refractivity contribution in [3.05, 3.63) is 66.4 Å². The predicted octanol–water partition coefficient (Wildman–Crippen LogP) is 3.36. The lowest BCUT2D eigenvalue weighted by Crippen LogP contribution is -2.20. The van der Waals surface area contributed by atoms with E-state index in [0.29, 0.717) is 0 Å². The predicted molar refractivity (Wildman–Crippen MR) is 96.9 cm³/mol. The fourth-order valence-electron chi connectivity index (χ4n) is 2.32. The number of halogens is 3. The number of ether oxygens (including phenoxy) is 1. The summed E-state index contributed by atoms with van der Waals surface area (Å²) in [5.74, 6) is -1.43. The molecule has 29 heavy (non-hydrogen) atoms. The zero-order valence-corrected chi connectivity index (χ0v) is 15.2. The molecule has 0 saturated heterocycles. The van der Waals surface area contributed by atoms with Gasteiger partial charge in [0, 0.05) is 17.4 Å². The lowest BCUT2D eigenvalue weighted by molar-refractivity contribution is -0.274. The molecule has 3 N–H and O–H groups in total. The van der Waals surface area contributed by atoms with Gasteiger partial charge in [0.25, 0.3) is 15.9 Å². The first-order chi connectivity index (χ1) is 13.6. The van der Waals surface area contributed by atoms with Crippen molar-refractivity contribution in [2.24, 2.45) is 0 Å². The molecule has 1 aromatic heterocycles. The molecular weight excluding hydrogens is 413 g/mol. The Hall–Kier alpha value is -3.54. The highest BCUT2D eigenvalue weighted by molar-refractivity contribution is 7.92. The molecule has 0 aliphatic heterocycles. The number of para-hydroxylation sites is 1. The Balaban J connectivity index is 1.80. The fraction of sp³-hybridized carbons (Fsp3) is 0.0588. The standard InChI is InChI=1S/C17H13F3N4O4S/c18-17(19,20)28-13-8-4-7-12(9-13)22-15(25)14-10-21-23-16(14)29(26,27)24-11-5-2-1-3-6-11/h1-10,24H,(H,21,23)(H,22,25). The molecule has 152 valence electrons. The number of alkyl halides is 3. The number of aromatic amines is 1. The molecule has 0 aliphatic carbocycles. The number of hydrogen-bond donors (Lipinski definition) is 3. The molecule has 8 nitrogen and oxygen atoms in total. The molecule has 3 aromatic rings. The first-order valence-electron chi connectivity index (χ1n) is 7.92. The average molecular weight is 426 g/mol. The van der Waals surface area contributed by atoms with Crippen LogP contribution in [0.1, 0.15) is 10.4 Å². The van der Waals surface area contributed by atoms with E-state index >= 15 is 0 Å². The minimum Gasteiger partial charge on any atom is -0.406 e. The van der Waals surface area contributed by atoms with Gasteiger partial charge >= 0.3 is 6.36 Å². The normalized spacial score (nSPS) is 11.7. The summed E-state index contributed by atoms with van der Waals surface area (Å²) in [5.41, 5.74) is -0.0849. The van der Waals surface area contributed by atoms with E-state index in [-0.39, 0.29) is 16.9 Å². The van der Waals surface area contributed by atoms with Crippen LogP contribution in [0.3, 0.4) is 0 Å². The fourth-order valence-corrected chi connectivity index (χ4v) is 3.48. The third kappa shape index (κ3) is 5.25. The molecule has 0 bridgehead atoms. The van der Waals surface area contributed by atoms with Gasteiger partial charge in [0.1, 0.15) is 5.75 Å². The van der Waals surface area contributed by atoms with Crippen LogP contribution in [0.15, 0.2) is 65.8 Å². The summed E-state index contributed by atoms with van der Waals surface area (Å²) in [5, 5.41) is 7.63. The zero-order valence-electron chi connectivity index (χ0n) is 14.4. The second-order valence-corrected chi connectivity index (χ2v) is 7.23. The van der Waals surface area contributed by atoms with Gasteiger partial charge in [-0.05, 0) is 24.3 Å². The number of H-pyrrole nitrogens is 1. The molecular formula is C17H13F3N4O4S. The van der Waals surface area contributed by atoms with Crippen LogP contribution < -0.4 is 14.8 Å². The van der Waals surface area contributed by atoms with Crippen LogP contribution in [0.4, 0.5) is 24.5 Å². The number of sulfonamides is 1. The first-order valence-corrected chi connectivity index (χ1v) is 9.41. The molecule has 0 radical (unpaired) electrons. The molecule has 0 fully saturated rings. The lowest BCUT2D eigenvalue weighted by Gasteiger charge is -2.11. The van der Waals surface area contributed by atoms with Gasteiger partial charge in [-0.2, -0.15) is 13.5 Å². The number of hydrogen-bond acceptors (Lipinski definition) is 5. The van der Waals surface area contributed by atoms with E-state index in [1.165, 1.54) is 24.3 Å². The van der Waals surface area contributed by atoms with Crippen molar-refractivity contribution in [3.63, 3.8) is 0 Å². The molecule has 0 unspecified atom stereocenters. The van der Waals surface area contributed by atoms with E-state index in [2.05, 4.69) is 25.0 Å². The van der Waals surface area contributed by atoms with Crippen molar-refractivity contribution in [3.8, 4) is 5.75 Å². The van der Waals surface area contributed by atoms with Gasteiger partial charge in [0.05, 0.1) is 11.8 Å². The van der Waals surface area contributed by atoms with Crippen LogP contribution >= 0.6 is 0 Å². The Morgan fingerprint density at radius 1 is 1.03 bits per heavy atom. The minimum absolute atomic E-state index is 0.0303. The summed E-state index contributed by atoms with van der Waals surface area (Å²) >= 11 is 0. The maximum absolute atomic E-state index is 12.5. The van der Waals surface area contributed by atoms with E-state index in [1.807, 2.05) is 0 Å². The Kier molecular flexibility index (Phi) is 5.46. The number of anilines is 2. The number of carbonyl (C=O) groups is 1. The third-order valence-electron chi connectivity index (χ3n) is 3.47. The van der Waals surface area contributed by atoms with Crippen molar-refractivity contribution in [1.29, 1.82) is 0 Å². The van der Waals surface area contributed by atoms with Crippen molar-refractivity contribution in [2.75, 3.05) is 10.0 Å². The zero-order chi connectivity index (χ0) is 21.1. The van der Waals surface area contributed by atoms with Crippen molar-refractivity contribution >= 4 is 27.3 Å². The summed E-state index contributed by atoms with van der Waals surface area (Å²) in [6.07, 6.45) is -3.90. The summed E-state index contributed by atoms with van der Waals surface area (Å²) in [4.78, 5) is 12.5. The van der Waals surface area contributed by atoms with Gasteiger partial charge in [-0.3, -0.25) is 14.6 Å². The molecule has 0 spiro atoms. The maximum atomic E-state index is 12.5. The number of nitrogens with zero attached hydrogens (tertiary/aromatic N) is 1. The maximum Gasteiger partial charge on any atom is 0.573 e. The molecule has 2 aromatic carbocycles. The van der Waals surface area contributed by atoms with Gasteiger partial charge in [-0.1, -0.05) is 24.3 Å². The van der Waals surface area contributed by atoms with Crippen LogP contribution in [-0.2, 0) is 10.0 Å². The highest BCUT2D eigenvalue weighted by atomic mass is 32.2. The Morgan fingerprint density at radius 2 is 1.72 bits per heavy atom. The van der Waals surface area contributed by atoms with E-state index in [4.69, 9.17) is 0 Å². The lowest BCUT2D eigenvalue weighted by atomic mass is 10.2. The SMILES string of the molecule is O=C(Nc1cccc(OC(F)(F)F)c1)c1cn[nH]c1S(=O)(=O)Nc1ccccc1. The molecule has 0 atom stereocenters. The summed E-state index contributed by atoms with van der Waals surface area (Å²) in [6, 6.07) is 12.5. The second kappa shape index (κ2) is 7.83. The number of nitrogens with one attached hydrogen (secondary N) is 3. The first kappa shape index (κ1) is 20.2. The van der Waals surface area contributed by atoms with Gasteiger partial charge in [-0.15, -0.1) is 13.2 Å². The van der Waals surface area contributed by atoms with Crippen LogP contribution in [0.5, 0.6) is 5.75 Å². The van der Waals surface area contributed by atoms with Crippen molar-refractivity contribution < 1.29 is 31.1 Å². The minimum atomic E-state index is -4.89. The number of rotatable bonds is 6. The Bertz CT molecular complexity index is 1110. The van der Waals surface area contributed by atoms with E-state index in [1.54, 1.807) is 18.2 Å². The number of benzene rings is 2. The number of amides is 1. The van der Waals surface area contributed by atoms with E-state index < -0.39 is 33.1 Å². The van der Waals surface area contributed by atoms with Crippen LogP contribution in [-0.4, -0.2) is 30.9 Å². The van der Waals surface area contributed by atoms with Gasteiger partial charge in [-0.25, -0.2) is 0 Å². The molecule has 1 heterocycles. The molecule has 12 heteroatoms. The van der Waals surface area contributed by atoms with Crippen LogP contribution in [0.2, 0.25) is 0 Å². The smallest absolute Gasteiger partial charge is 0.406 e.